The number of hydrogen-bond acceptors (Lipinski definition) is 6. The smallest absolute Gasteiger partial charge is 0.262 e. The average Bonchev–Trinajstić information content (AvgIpc) is 3.28. The summed E-state index contributed by atoms with van der Waals surface area (Å²) in [5, 5.41) is 4.35. The summed E-state index contributed by atoms with van der Waals surface area (Å²) in [6.45, 7) is 1.12. The van der Waals surface area contributed by atoms with Gasteiger partial charge in [0.25, 0.3) is 5.56 Å². The highest BCUT2D eigenvalue weighted by atomic mass is 35.5. The third kappa shape index (κ3) is 5.03. The molecule has 4 rings (SSSR count). The summed E-state index contributed by atoms with van der Waals surface area (Å²) >= 11 is 7.25. The predicted molar refractivity (Wildman–Crippen MR) is 122 cm³/mol. The monoisotopic (exact) mass is 459 g/mol. The molecule has 0 bridgehead atoms. The van der Waals surface area contributed by atoms with E-state index in [9.17, 15) is 9.59 Å². The molecule has 1 fully saturated rings. The molecule has 1 aromatic heterocycles. The van der Waals surface area contributed by atoms with Gasteiger partial charge in [0.05, 0.1) is 42.1 Å². The van der Waals surface area contributed by atoms with Gasteiger partial charge in [0.2, 0.25) is 5.91 Å². The molecule has 0 unspecified atom stereocenters. The molecule has 0 aliphatic carbocycles. The van der Waals surface area contributed by atoms with Crippen LogP contribution in [0.1, 0.15) is 12.8 Å². The van der Waals surface area contributed by atoms with Crippen molar-refractivity contribution in [1.29, 1.82) is 0 Å². The zero-order valence-electron chi connectivity index (χ0n) is 17.0. The van der Waals surface area contributed by atoms with Gasteiger partial charge in [0.1, 0.15) is 5.75 Å². The Balaban J connectivity index is 1.56. The molecule has 31 heavy (non-hydrogen) atoms. The second kappa shape index (κ2) is 9.72. The molecular weight excluding hydrogens is 438 g/mol. The van der Waals surface area contributed by atoms with E-state index >= 15 is 0 Å². The second-order valence-corrected chi connectivity index (χ2v) is 8.52. The van der Waals surface area contributed by atoms with Crippen molar-refractivity contribution in [2.75, 3.05) is 24.8 Å². The number of benzene rings is 2. The lowest BCUT2D eigenvalue weighted by Crippen LogP contribution is -2.29. The first kappa shape index (κ1) is 21.7. The average molecular weight is 460 g/mol. The number of anilines is 1. The molecular formula is C22H22ClN3O4S. The maximum Gasteiger partial charge on any atom is 0.262 e. The van der Waals surface area contributed by atoms with E-state index in [2.05, 4.69) is 10.3 Å². The summed E-state index contributed by atoms with van der Waals surface area (Å²) in [5.74, 6) is 0.338. The van der Waals surface area contributed by atoms with Gasteiger partial charge < -0.3 is 14.8 Å². The highest BCUT2D eigenvalue weighted by Gasteiger charge is 2.21. The lowest BCUT2D eigenvalue weighted by molar-refractivity contribution is -0.113. The number of para-hydroxylation sites is 1. The molecule has 1 aliphatic heterocycles. The van der Waals surface area contributed by atoms with Crippen LogP contribution in [-0.2, 0) is 16.1 Å². The molecule has 0 spiro atoms. The number of rotatable bonds is 7. The Bertz CT molecular complexity index is 1160. The normalized spacial score (nSPS) is 15.9. The van der Waals surface area contributed by atoms with Crippen LogP contribution >= 0.6 is 23.4 Å². The highest BCUT2D eigenvalue weighted by Crippen LogP contribution is 2.28. The van der Waals surface area contributed by atoms with Crippen molar-refractivity contribution in [3.05, 3.63) is 57.8 Å². The fraction of sp³-hybridized carbons (Fsp3) is 0.318. The van der Waals surface area contributed by atoms with Gasteiger partial charge in [-0.15, -0.1) is 0 Å². The largest absolute Gasteiger partial charge is 0.495 e. The van der Waals surface area contributed by atoms with Gasteiger partial charge in [-0.3, -0.25) is 14.2 Å². The van der Waals surface area contributed by atoms with Gasteiger partial charge in [-0.1, -0.05) is 35.5 Å². The SMILES string of the molecule is COc1ccc(Cl)cc1NC(=O)CSc1nc2ccccc2c(=O)n1C[C@H]1CCCO1. The Labute approximate surface area is 188 Å². The maximum atomic E-state index is 13.1. The second-order valence-electron chi connectivity index (χ2n) is 7.14. The van der Waals surface area contributed by atoms with E-state index in [0.29, 0.717) is 45.7 Å². The van der Waals surface area contributed by atoms with E-state index in [1.54, 1.807) is 34.9 Å². The van der Waals surface area contributed by atoms with Gasteiger partial charge >= 0.3 is 0 Å². The Morgan fingerprint density at radius 1 is 1.35 bits per heavy atom. The van der Waals surface area contributed by atoms with Crippen LogP contribution in [0, 0.1) is 0 Å². The van der Waals surface area contributed by atoms with Crippen molar-refractivity contribution in [2.45, 2.75) is 30.6 Å². The van der Waals surface area contributed by atoms with Crippen LogP contribution in [0.15, 0.2) is 52.4 Å². The number of carbonyl (C=O) groups is 1. The van der Waals surface area contributed by atoms with Crippen LogP contribution in [0.2, 0.25) is 5.02 Å². The van der Waals surface area contributed by atoms with Gasteiger partial charge in [0, 0.05) is 11.6 Å². The molecule has 0 radical (unpaired) electrons. The van der Waals surface area contributed by atoms with Crippen molar-refractivity contribution < 1.29 is 14.3 Å². The fourth-order valence-corrected chi connectivity index (χ4v) is 4.49. The minimum atomic E-state index is -0.253. The summed E-state index contributed by atoms with van der Waals surface area (Å²) < 4.78 is 12.6. The summed E-state index contributed by atoms with van der Waals surface area (Å²) in [6.07, 6.45) is 1.86. The zero-order chi connectivity index (χ0) is 21.8. The Morgan fingerprint density at radius 2 is 2.19 bits per heavy atom. The molecule has 7 nitrogen and oxygen atoms in total. The number of ether oxygens (including phenoxy) is 2. The molecule has 1 N–H and O–H groups in total. The van der Waals surface area contributed by atoms with E-state index in [0.717, 1.165) is 12.8 Å². The standard InChI is InChI=1S/C22H22ClN3O4S/c1-29-19-9-8-14(23)11-18(19)24-20(27)13-31-22-25-17-7-3-2-6-16(17)21(28)26(22)12-15-5-4-10-30-15/h2-3,6-9,11,15H,4-5,10,12-13H2,1H3,(H,24,27)/t15-/m1/s1. The summed E-state index contributed by atoms with van der Waals surface area (Å²) in [7, 11) is 1.52. The lowest BCUT2D eigenvalue weighted by Gasteiger charge is -2.16. The lowest BCUT2D eigenvalue weighted by atomic mass is 10.2. The Hall–Kier alpha value is -2.55. The van der Waals surface area contributed by atoms with Crippen molar-refractivity contribution >= 4 is 45.9 Å². The summed E-state index contributed by atoms with van der Waals surface area (Å²) in [4.78, 5) is 30.4. The molecule has 1 amide bonds. The van der Waals surface area contributed by atoms with E-state index in [1.165, 1.54) is 18.9 Å². The number of hydrogen-bond donors (Lipinski definition) is 1. The Morgan fingerprint density at radius 3 is 2.97 bits per heavy atom. The van der Waals surface area contributed by atoms with Crippen LogP contribution in [-0.4, -0.2) is 41.0 Å². The minimum absolute atomic E-state index is 0.0236. The number of amides is 1. The number of fused-ring (bicyclic) bond motifs is 1. The van der Waals surface area contributed by atoms with Crippen LogP contribution in [0.3, 0.4) is 0 Å². The number of thioether (sulfide) groups is 1. The van der Waals surface area contributed by atoms with Crippen molar-refractivity contribution in [2.24, 2.45) is 0 Å². The topological polar surface area (TPSA) is 82.5 Å². The third-order valence-electron chi connectivity index (χ3n) is 5.00. The van der Waals surface area contributed by atoms with Gasteiger partial charge in [-0.05, 0) is 43.2 Å². The van der Waals surface area contributed by atoms with Crippen LogP contribution in [0.25, 0.3) is 10.9 Å². The maximum absolute atomic E-state index is 13.1. The molecule has 3 aromatic rings. The van der Waals surface area contributed by atoms with Crippen LogP contribution < -0.4 is 15.6 Å². The third-order valence-corrected chi connectivity index (χ3v) is 6.22. The first-order valence-corrected chi connectivity index (χ1v) is 11.3. The summed E-state index contributed by atoms with van der Waals surface area (Å²) in [5.41, 5.74) is 0.972. The first-order chi connectivity index (χ1) is 15.0. The van der Waals surface area contributed by atoms with Crippen LogP contribution in [0.4, 0.5) is 5.69 Å². The number of carbonyl (C=O) groups excluding carboxylic acids is 1. The zero-order valence-corrected chi connectivity index (χ0v) is 18.5. The van der Waals surface area contributed by atoms with Crippen LogP contribution in [0.5, 0.6) is 5.75 Å². The molecule has 1 saturated heterocycles. The van der Waals surface area contributed by atoms with Gasteiger partial charge in [0.15, 0.2) is 5.16 Å². The fourth-order valence-electron chi connectivity index (χ4n) is 3.51. The van der Waals surface area contributed by atoms with Crippen molar-refractivity contribution in [3.63, 3.8) is 0 Å². The minimum Gasteiger partial charge on any atom is -0.495 e. The number of nitrogens with zero attached hydrogens (tertiary/aromatic N) is 2. The molecule has 162 valence electrons. The van der Waals surface area contributed by atoms with E-state index in [4.69, 9.17) is 21.1 Å². The molecule has 9 heteroatoms. The number of nitrogens with one attached hydrogen (secondary N) is 1. The summed E-state index contributed by atoms with van der Waals surface area (Å²) in [6, 6.07) is 12.2. The van der Waals surface area contributed by atoms with E-state index in [-0.39, 0.29) is 23.3 Å². The quantitative estimate of drug-likeness (QED) is 0.425. The number of halogens is 1. The molecule has 0 saturated carbocycles. The molecule has 2 heterocycles. The van der Waals surface area contributed by atoms with Gasteiger partial charge in [-0.25, -0.2) is 4.98 Å². The van der Waals surface area contributed by atoms with Gasteiger partial charge in [-0.2, -0.15) is 0 Å². The molecule has 1 aliphatic rings. The Kier molecular flexibility index (Phi) is 6.80. The van der Waals surface area contributed by atoms with E-state index < -0.39 is 0 Å². The van der Waals surface area contributed by atoms with Crippen molar-refractivity contribution in [1.82, 2.24) is 9.55 Å². The van der Waals surface area contributed by atoms with Crippen molar-refractivity contribution in [3.8, 4) is 5.75 Å². The first-order valence-electron chi connectivity index (χ1n) is 9.92. The number of methoxy groups -OCH3 is 1. The molecule has 2 aromatic carbocycles. The highest BCUT2D eigenvalue weighted by molar-refractivity contribution is 7.99. The molecule has 1 atom stereocenters. The number of aromatic nitrogens is 2. The predicted octanol–water partition coefficient (Wildman–Crippen LogP) is 3.97. The van der Waals surface area contributed by atoms with E-state index in [1.807, 2.05) is 12.1 Å².